The van der Waals surface area contributed by atoms with Gasteiger partial charge in [0.1, 0.15) is 5.69 Å². The molecule has 1 amide bonds. The van der Waals surface area contributed by atoms with Gasteiger partial charge in [0, 0.05) is 0 Å². The summed E-state index contributed by atoms with van der Waals surface area (Å²) in [6.45, 7) is 18.7. The molecule has 1 heterocycles. The Bertz CT molecular complexity index is 1570. The first kappa shape index (κ1) is 32.0. The van der Waals surface area contributed by atoms with Gasteiger partial charge in [0.25, 0.3) is 11.7 Å². The summed E-state index contributed by atoms with van der Waals surface area (Å²) in [6, 6.07) is 22.2. The minimum absolute atomic E-state index is 0.0576. The molecule has 0 unspecified atom stereocenters. The lowest BCUT2D eigenvalue weighted by Gasteiger charge is -2.33. The summed E-state index contributed by atoms with van der Waals surface area (Å²) in [5.74, 6) is 0.760. The van der Waals surface area contributed by atoms with Crippen LogP contribution >= 0.6 is 11.8 Å². The number of nitrogens with one attached hydrogen (secondary N) is 2. The van der Waals surface area contributed by atoms with Crippen molar-refractivity contribution >= 4 is 23.9 Å². The fraction of sp³-hybridized carbons (Fsp3) is 0.371. The van der Waals surface area contributed by atoms with E-state index in [9.17, 15) is 9.90 Å². The smallest absolute Gasteiger partial charge is 0.342 e. The number of hydrogen-bond donors (Lipinski definition) is 2. The zero-order valence-corrected chi connectivity index (χ0v) is 27.5. The Morgan fingerprint density at radius 3 is 2.02 bits per heavy atom. The quantitative estimate of drug-likeness (QED) is 0.109. The second kappa shape index (κ2) is 12.4. The van der Waals surface area contributed by atoms with Crippen LogP contribution in [0.25, 0.3) is 17.1 Å². The normalized spacial score (nSPS) is 12.6. The van der Waals surface area contributed by atoms with Gasteiger partial charge < -0.3 is 5.11 Å². The van der Waals surface area contributed by atoms with Gasteiger partial charge in [0.2, 0.25) is 0 Å². The van der Waals surface area contributed by atoms with Crippen LogP contribution in [0, 0.1) is 0 Å². The molecule has 8 heteroatoms. The van der Waals surface area contributed by atoms with E-state index in [1.54, 1.807) is 6.21 Å². The zero-order valence-electron chi connectivity index (χ0n) is 26.7. The van der Waals surface area contributed by atoms with Gasteiger partial charge >= 0.3 is 5.16 Å². The summed E-state index contributed by atoms with van der Waals surface area (Å²) < 4.78 is 2.03. The Balaban J connectivity index is 1.53. The van der Waals surface area contributed by atoms with Crippen molar-refractivity contribution < 1.29 is 14.5 Å². The monoisotopic (exact) mass is 597 g/mol. The molecular weight excluding hydrogens is 554 g/mol. The highest BCUT2D eigenvalue weighted by atomic mass is 32.2. The standard InChI is InChI=1S/C35H43N5O2S/c1-33(2,3)25-17-15-24(16-18-25)31-38-39-32(40(31)26-13-11-10-12-14-26)43-22-29(41)37-36-21-23-19-27(34(4,5)6)30(42)28(20-23)35(7,8)9/h10-21H,22H2,1-9H3,(H2,36,37,41,42). The fourth-order valence-corrected chi connectivity index (χ4v) is 5.47. The first-order valence-electron chi connectivity index (χ1n) is 14.5. The number of aromatic nitrogens is 3. The van der Waals surface area contributed by atoms with E-state index < -0.39 is 0 Å². The minimum atomic E-state index is -0.314. The SMILES string of the molecule is CC(C)(C)c1ccc(-c2[nH]nc(SCC(=O)NN=Cc3cc(C(C)(C)C)c([O-])c(C(C)(C)C)c3)[n+]2-c2ccccc2)cc1. The van der Waals surface area contributed by atoms with Crippen molar-refractivity contribution in [2.24, 2.45) is 5.10 Å². The lowest BCUT2D eigenvalue weighted by molar-refractivity contribution is -0.625. The van der Waals surface area contributed by atoms with Crippen LogP contribution in [-0.4, -0.2) is 28.1 Å². The molecule has 1 aromatic heterocycles. The van der Waals surface area contributed by atoms with Crippen molar-refractivity contribution in [3.8, 4) is 22.8 Å². The van der Waals surface area contributed by atoms with Crippen LogP contribution in [0.3, 0.4) is 0 Å². The topological polar surface area (TPSA) is 97.1 Å². The lowest BCUT2D eigenvalue weighted by atomic mass is 9.78. The number of aromatic amines is 1. The van der Waals surface area contributed by atoms with E-state index in [0.717, 1.165) is 33.8 Å². The molecule has 7 nitrogen and oxygen atoms in total. The Labute approximate surface area is 259 Å². The largest absolute Gasteiger partial charge is 0.872 e. The molecular formula is C35H43N5O2S. The van der Waals surface area contributed by atoms with Gasteiger partial charge in [-0.2, -0.15) is 9.67 Å². The average molecular weight is 598 g/mol. The first-order valence-corrected chi connectivity index (χ1v) is 15.5. The molecule has 43 heavy (non-hydrogen) atoms. The second-order valence-electron chi connectivity index (χ2n) is 13.9. The maximum Gasteiger partial charge on any atom is 0.342 e. The summed E-state index contributed by atoms with van der Waals surface area (Å²) in [7, 11) is 0. The molecule has 4 rings (SSSR count). The predicted molar refractivity (Wildman–Crippen MR) is 174 cm³/mol. The number of nitrogens with zero attached hydrogens (tertiary/aromatic N) is 3. The molecule has 4 aromatic rings. The molecule has 226 valence electrons. The Hall–Kier alpha value is -3.91. The number of para-hydroxylation sites is 1. The number of hydrazone groups is 1. The number of rotatable bonds is 7. The maximum absolute atomic E-state index is 13.2. The molecule has 2 N–H and O–H groups in total. The number of carbonyl (C=O) groups excluding carboxylic acids is 1. The average Bonchev–Trinajstić information content (AvgIpc) is 3.35. The summed E-state index contributed by atoms with van der Waals surface area (Å²) >= 11 is 1.33. The van der Waals surface area contributed by atoms with Crippen molar-refractivity contribution in [3.05, 3.63) is 89.0 Å². The number of benzene rings is 3. The van der Waals surface area contributed by atoms with Crippen LogP contribution in [0.2, 0.25) is 0 Å². The van der Waals surface area contributed by atoms with Crippen LogP contribution in [0.5, 0.6) is 5.75 Å². The molecule has 0 aliphatic rings. The molecule has 0 spiro atoms. The van der Waals surface area contributed by atoms with E-state index in [2.05, 4.69) is 65.8 Å². The number of hydrogen-bond acceptors (Lipinski definition) is 5. The van der Waals surface area contributed by atoms with Crippen molar-refractivity contribution in [1.82, 2.24) is 15.6 Å². The number of H-pyrrole nitrogens is 1. The Morgan fingerprint density at radius 2 is 1.49 bits per heavy atom. The highest BCUT2D eigenvalue weighted by Crippen LogP contribution is 2.37. The van der Waals surface area contributed by atoms with Crippen molar-refractivity contribution in [3.63, 3.8) is 0 Å². The predicted octanol–water partition coefficient (Wildman–Crippen LogP) is 6.56. The number of amides is 1. The molecule has 0 aliphatic heterocycles. The molecule has 0 atom stereocenters. The maximum atomic E-state index is 13.2. The van der Waals surface area contributed by atoms with Gasteiger partial charge in [0.15, 0.2) is 0 Å². The fourth-order valence-electron chi connectivity index (χ4n) is 4.71. The molecule has 0 radical (unpaired) electrons. The molecule has 0 fully saturated rings. The van der Waals surface area contributed by atoms with Crippen molar-refractivity contribution in [1.29, 1.82) is 0 Å². The van der Waals surface area contributed by atoms with Crippen LogP contribution in [0.4, 0.5) is 0 Å². The summed E-state index contributed by atoms with van der Waals surface area (Å²) in [4.78, 5) is 12.8. The highest BCUT2D eigenvalue weighted by Gasteiger charge is 2.25. The summed E-state index contributed by atoms with van der Waals surface area (Å²) in [6.07, 6.45) is 1.60. The van der Waals surface area contributed by atoms with E-state index in [1.807, 2.05) is 88.6 Å². The third-order valence-electron chi connectivity index (χ3n) is 7.17. The molecule has 3 aromatic carbocycles. The zero-order chi connectivity index (χ0) is 31.6. The molecule has 0 aliphatic carbocycles. The number of carbonyl (C=O) groups is 1. The molecule has 0 saturated carbocycles. The third-order valence-corrected chi connectivity index (χ3v) is 8.11. The van der Waals surface area contributed by atoms with Crippen LogP contribution in [0.15, 0.2) is 77.0 Å². The van der Waals surface area contributed by atoms with E-state index in [1.165, 1.54) is 17.3 Å². The van der Waals surface area contributed by atoms with Gasteiger partial charge in [-0.3, -0.25) is 4.79 Å². The van der Waals surface area contributed by atoms with E-state index in [4.69, 9.17) is 0 Å². The van der Waals surface area contributed by atoms with Crippen LogP contribution in [-0.2, 0) is 21.0 Å². The van der Waals surface area contributed by atoms with Gasteiger partial charge in [-0.05, 0) is 74.5 Å². The van der Waals surface area contributed by atoms with Crippen molar-refractivity contribution in [2.45, 2.75) is 83.7 Å². The van der Waals surface area contributed by atoms with Crippen LogP contribution in [0.1, 0.15) is 84.6 Å². The van der Waals surface area contributed by atoms with E-state index >= 15 is 0 Å². The van der Waals surface area contributed by atoms with Gasteiger partial charge in [-0.25, -0.2) is 5.43 Å². The Morgan fingerprint density at radius 1 is 0.907 bits per heavy atom. The van der Waals surface area contributed by atoms with Gasteiger partial charge in [-0.15, -0.1) is 10.8 Å². The second-order valence-corrected chi connectivity index (χ2v) is 14.8. The lowest BCUT2D eigenvalue weighted by Crippen LogP contribution is -2.34. The van der Waals surface area contributed by atoms with Crippen LogP contribution < -0.4 is 15.1 Å². The van der Waals surface area contributed by atoms with Gasteiger partial charge in [0.05, 0.1) is 22.6 Å². The minimum Gasteiger partial charge on any atom is -0.872 e. The highest BCUT2D eigenvalue weighted by molar-refractivity contribution is 7.99. The van der Waals surface area contributed by atoms with Gasteiger partial charge in [-0.1, -0.05) is 105 Å². The molecule has 0 saturated heterocycles. The third kappa shape index (κ3) is 7.73. The van der Waals surface area contributed by atoms with E-state index in [-0.39, 0.29) is 33.7 Å². The molecule has 0 bridgehead atoms. The first-order chi connectivity index (χ1) is 20.1. The number of thioether (sulfide) groups is 1. The summed E-state index contributed by atoms with van der Waals surface area (Å²) in [5.41, 5.74) is 7.50. The van der Waals surface area contributed by atoms with E-state index in [0.29, 0.717) is 5.16 Å². The summed E-state index contributed by atoms with van der Waals surface area (Å²) in [5, 5.41) is 25.8. The van der Waals surface area contributed by atoms with Crippen molar-refractivity contribution in [2.75, 3.05) is 5.75 Å². The Kier molecular flexibility index (Phi) is 9.21.